The highest BCUT2D eigenvalue weighted by Crippen LogP contribution is 2.13. The Labute approximate surface area is 139 Å². The van der Waals surface area contributed by atoms with Crippen LogP contribution in [0.15, 0.2) is 24.3 Å². The van der Waals surface area contributed by atoms with Gasteiger partial charge in [0, 0.05) is 41.7 Å². The van der Waals surface area contributed by atoms with Crippen LogP contribution in [-0.4, -0.2) is 47.8 Å². The van der Waals surface area contributed by atoms with Crippen LogP contribution in [-0.2, 0) is 4.79 Å². The van der Waals surface area contributed by atoms with Crippen molar-refractivity contribution in [2.75, 3.05) is 26.2 Å². The van der Waals surface area contributed by atoms with Gasteiger partial charge in [0.25, 0.3) is 5.91 Å². The molecule has 114 valence electrons. The minimum absolute atomic E-state index is 0.0577. The number of carbonyl (C=O) groups excluding carboxylic acids is 2. The summed E-state index contributed by atoms with van der Waals surface area (Å²) in [6.07, 6.45) is 0.588. The lowest BCUT2D eigenvalue weighted by molar-refractivity contribution is -0.133. The van der Waals surface area contributed by atoms with E-state index in [1.165, 1.54) is 0 Å². The highest BCUT2D eigenvalue weighted by molar-refractivity contribution is 14.1. The van der Waals surface area contributed by atoms with Crippen LogP contribution in [0.2, 0.25) is 0 Å². The Morgan fingerprint density at radius 3 is 2.10 bits per heavy atom. The zero-order valence-corrected chi connectivity index (χ0v) is 14.7. The predicted octanol–water partition coefficient (Wildman–Crippen LogP) is 2.62. The van der Waals surface area contributed by atoms with Gasteiger partial charge < -0.3 is 9.80 Å². The molecule has 0 bridgehead atoms. The number of halogens is 1. The normalized spacial score (nSPS) is 15.4. The van der Waals surface area contributed by atoms with E-state index in [0.29, 0.717) is 38.5 Å². The maximum Gasteiger partial charge on any atom is 0.253 e. The van der Waals surface area contributed by atoms with Gasteiger partial charge in [0.05, 0.1) is 0 Å². The van der Waals surface area contributed by atoms with Crippen molar-refractivity contribution in [3.05, 3.63) is 33.4 Å². The molecule has 0 atom stereocenters. The second kappa shape index (κ2) is 7.24. The third-order valence-corrected chi connectivity index (χ3v) is 4.31. The molecule has 21 heavy (non-hydrogen) atoms. The number of rotatable bonds is 3. The highest BCUT2D eigenvalue weighted by Gasteiger charge is 2.24. The van der Waals surface area contributed by atoms with Crippen LogP contribution in [0.4, 0.5) is 0 Å². The molecule has 2 rings (SSSR count). The lowest BCUT2D eigenvalue weighted by Gasteiger charge is -2.35. The molecule has 1 aromatic rings. The number of benzene rings is 1. The summed E-state index contributed by atoms with van der Waals surface area (Å²) in [6.45, 7) is 6.62. The van der Waals surface area contributed by atoms with Gasteiger partial charge in [0.1, 0.15) is 0 Å². The maximum absolute atomic E-state index is 12.4. The van der Waals surface area contributed by atoms with E-state index in [2.05, 4.69) is 36.4 Å². The Bertz CT molecular complexity index is 506. The van der Waals surface area contributed by atoms with Crippen molar-refractivity contribution in [3.8, 4) is 0 Å². The van der Waals surface area contributed by atoms with Crippen molar-refractivity contribution in [2.24, 2.45) is 5.92 Å². The second-order valence-electron chi connectivity index (χ2n) is 5.78. The summed E-state index contributed by atoms with van der Waals surface area (Å²) < 4.78 is 1.12. The third kappa shape index (κ3) is 4.43. The first-order valence-electron chi connectivity index (χ1n) is 7.30. The molecule has 4 nitrogen and oxygen atoms in total. The zero-order valence-electron chi connectivity index (χ0n) is 12.5. The summed E-state index contributed by atoms with van der Waals surface area (Å²) in [7, 11) is 0. The maximum atomic E-state index is 12.4. The molecule has 0 aromatic heterocycles. The Kier molecular flexibility index (Phi) is 5.61. The number of hydrogen-bond acceptors (Lipinski definition) is 2. The molecule has 1 fully saturated rings. The Balaban J connectivity index is 1.90. The van der Waals surface area contributed by atoms with Crippen molar-refractivity contribution in [3.63, 3.8) is 0 Å². The Morgan fingerprint density at radius 2 is 1.57 bits per heavy atom. The van der Waals surface area contributed by atoms with Crippen LogP contribution in [0.3, 0.4) is 0 Å². The highest BCUT2D eigenvalue weighted by atomic mass is 127. The lowest BCUT2D eigenvalue weighted by atomic mass is 10.1. The van der Waals surface area contributed by atoms with E-state index >= 15 is 0 Å². The standard InChI is InChI=1S/C16H21IN2O2/c1-12(2)11-15(20)18-7-9-19(10-8-18)16(21)13-3-5-14(17)6-4-13/h3-6,12H,7-11H2,1-2H3. The SMILES string of the molecule is CC(C)CC(=O)N1CCN(C(=O)c2ccc(I)cc2)CC1. The summed E-state index contributed by atoms with van der Waals surface area (Å²) >= 11 is 2.22. The van der Waals surface area contributed by atoms with Crippen molar-refractivity contribution < 1.29 is 9.59 Å². The number of hydrogen-bond donors (Lipinski definition) is 0. The number of nitrogens with zero attached hydrogens (tertiary/aromatic N) is 2. The summed E-state index contributed by atoms with van der Waals surface area (Å²) in [5.74, 6) is 0.637. The van der Waals surface area contributed by atoms with E-state index in [1.807, 2.05) is 34.1 Å². The molecule has 0 aliphatic carbocycles. The van der Waals surface area contributed by atoms with Gasteiger partial charge in [0.15, 0.2) is 0 Å². The average molecular weight is 400 g/mol. The van der Waals surface area contributed by atoms with Gasteiger partial charge in [-0.2, -0.15) is 0 Å². The first-order chi connectivity index (χ1) is 9.97. The van der Waals surface area contributed by atoms with Gasteiger partial charge in [-0.1, -0.05) is 13.8 Å². The van der Waals surface area contributed by atoms with Crippen LogP contribution < -0.4 is 0 Å². The molecule has 5 heteroatoms. The third-order valence-electron chi connectivity index (χ3n) is 3.59. The first kappa shape index (κ1) is 16.3. The van der Waals surface area contributed by atoms with E-state index in [0.717, 1.165) is 9.13 Å². The molecule has 1 heterocycles. The van der Waals surface area contributed by atoms with Crippen LogP contribution in [0.1, 0.15) is 30.6 Å². The molecule has 1 aliphatic heterocycles. The van der Waals surface area contributed by atoms with Crippen molar-refractivity contribution in [1.29, 1.82) is 0 Å². The number of piperazine rings is 1. The van der Waals surface area contributed by atoms with E-state index in [9.17, 15) is 9.59 Å². The quantitative estimate of drug-likeness (QED) is 0.733. The van der Waals surface area contributed by atoms with Crippen LogP contribution in [0.5, 0.6) is 0 Å². The smallest absolute Gasteiger partial charge is 0.253 e. The fourth-order valence-electron chi connectivity index (χ4n) is 2.41. The average Bonchev–Trinajstić information content (AvgIpc) is 2.47. The monoisotopic (exact) mass is 400 g/mol. The van der Waals surface area contributed by atoms with E-state index in [1.54, 1.807) is 0 Å². The van der Waals surface area contributed by atoms with Crippen molar-refractivity contribution in [2.45, 2.75) is 20.3 Å². The van der Waals surface area contributed by atoms with Gasteiger partial charge in [-0.05, 0) is 52.8 Å². The second-order valence-corrected chi connectivity index (χ2v) is 7.02. The van der Waals surface area contributed by atoms with Crippen molar-refractivity contribution >= 4 is 34.4 Å². The van der Waals surface area contributed by atoms with Gasteiger partial charge in [-0.3, -0.25) is 9.59 Å². The van der Waals surface area contributed by atoms with Gasteiger partial charge in [-0.25, -0.2) is 0 Å². The summed E-state index contributed by atoms with van der Waals surface area (Å²) in [5, 5.41) is 0. The molecular weight excluding hydrogens is 379 g/mol. The minimum Gasteiger partial charge on any atom is -0.339 e. The lowest BCUT2D eigenvalue weighted by Crippen LogP contribution is -2.50. The molecule has 0 radical (unpaired) electrons. The summed E-state index contributed by atoms with van der Waals surface area (Å²) in [4.78, 5) is 28.1. The van der Waals surface area contributed by atoms with E-state index in [-0.39, 0.29) is 11.8 Å². The van der Waals surface area contributed by atoms with Crippen LogP contribution >= 0.6 is 22.6 Å². The van der Waals surface area contributed by atoms with Gasteiger partial charge in [0.2, 0.25) is 5.91 Å². The molecule has 0 unspecified atom stereocenters. The van der Waals surface area contributed by atoms with E-state index in [4.69, 9.17) is 0 Å². The molecule has 1 aliphatic rings. The zero-order chi connectivity index (χ0) is 15.4. The summed E-state index contributed by atoms with van der Waals surface area (Å²) in [5.41, 5.74) is 0.720. The molecular formula is C16H21IN2O2. The largest absolute Gasteiger partial charge is 0.339 e. The van der Waals surface area contributed by atoms with Crippen LogP contribution in [0.25, 0.3) is 0 Å². The number of amides is 2. The predicted molar refractivity (Wildman–Crippen MR) is 91.1 cm³/mol. The van der Waals surface area contributed by atoms with E-state index < -0.39 is 0 Å². The topological polar surface area (TPSA) is 40.6 Å². The minimum atomic E-state index is 0.0577. The fourth-order valence-corrected chi connectivity index (χ4v) is 2.77. The molecule has 1 saturated heterocycles. The van der Waals surface area contributed by atoms with Crippen LogP contribution in [0, 0.1) is 9.49 Å². The molecule has 1 aromatic carbocycles. The Hall–Kier alpha value is -1.11. The molecule has 0 spiro atoms. The number of carbonyl (C=O) groups is 2. The first-order valence-corrected chi connectivity index (χ1v) is 8.38. The molecule has 2 amide bonds. The Morgan fingerprint density at radius 1 is 1.05 bits per heavy atom. The van der Waals surface area contributed by atoms with Gasteiger partial charge in [-0.15, -0.1) is 0 Å². The fraction of sp³-hybridized carbons (Fsp3) is 0.500. The van der Waals surface area contributed by atoms with Gasteiger partial charge >= 0.3 is 0 Å². The molecule has 0 saturated carbocycles. The van der Waals surface area contributed by atoms with Crippen molar-refractivity contribution in [1.82, 2.24) is 9.80 Å². The molecule has 0 N–H and O–H groups in total. The summed E-state index contributed by atoms with van der Waals surface area (Å²) in [6, 6.07) is 7.60.